The minimum atomic E-state index is -0.322. The van der Waals surface area contributed by atoms with Crippen LogP contribution in [0.1, 0.15) is 41.4 Å². The Hall–Kier alpha value is -2.56. The van der Waals surface area contributed by atoms with Crippen LogP contribution in [0.3, 0.4) is 0 Å². The largest absolute Gasteiger partial charge is 0.289 e. The predicted molar refractivity (Wildman–Crippen MR) is 82.1 cm³/mol. The third-order valence-electron chi connectivity index (χ3n) is 2.94. The van der Waals surface area contributed by atoms with Gasteiger partial charge in [-0.05, 0) is 30.5 Å². The Bertz CT molecular complexity index is 593. The monoisotopic (exact) mass is 282 g/mol. The average molecular weight is 282 g/mol. The number of amides is 1. The van der Waals surface area contributed by atoms with E-state index in [1.807, 2.05) is 12.1 Å². The lowest BCUT2D eigenvalue weighted by atomic mass is 10.1. The standard InChI is InChI=1S/C16H18N4O/c1-2-3-5-13-7-8-15(18-11-13)16(21)20-19-12-14-6-4-9-17-10-14/h4,6-12H,2-3,5H2,1H3,(H,20,21). The van der Waals surface area contributed by atoms with Crippen LogP contribution in [0.2, 0.25) is 0 Å². The summed E-state index contributed by atoms with van der Waals surface area (Å²) in [4.78, 5) is 20.0. The quantitative estimate of drug-likeness (QED) is 0.654. The number of unbranched alkanes of at least 4 members (excludes halogenated alkanes) is 1. The molecule has 5 nitrogen and oxygen atoms in total. The molecule has 0 unspecified atom stereocenters. The molecule has 0 bridgehead atoms. The van der Waals surface area contributed by atoms with Crippen LogP contribution in [0, 0.1) is 0 Å². The van der Waals surface area contributed by atoms with Gasteiger partial charge >= 0.3 is 0 Å². The highest BCUT2D eigenvalue weighted by Crippen LogP contribution is 2.05. The first kappa shape index (κ1) is 14.8. The molecule has 2 heterocycles. The summed E-state index contributed by atoms with van der Waals surface area (Å²) in [5.41, 5.74) is 4.78. The highest BCUT2D eigenvalue weighted by Gasteiger charge is 2.05. The summed E-state index contributed by atoms with van der Waals surface area (Å²) in [5, 5.41) is 3.89. The molecule has 21 heavy (non-hydrogen) atoms. The zero-order chi connectivity index (χ0) is 14.9. The maximum absolute atomic E-state index is 11.9. The van der Waals surface area contributed by atoms with Gasteiger partial charge in [-0.15, -0.1) is 0 Å². The number of hydrogen-bond acceptors (Lipinski definition) is 4. The normalized spacial score (nSPS) is 10.7. The van der Waals surface area contributed by atoms with Crippen LogP contribution < -0.4 is 5.43 Å². The van der Waals surface area contributed by atoms with Crippen molar-refractivity contribution in [2.75, 3.05) is 0 Å². The van der Waals surface area contributed by atoms with Gasteiger partial charge in [0.25, 0.3) is 5.91 Å². The van der Waals surface area contributed by atoms with E-state index in [-0.39, 0.29) is 5.91 Å². The summed E-state index contributed by atoms with van der Waals surface area (Å²) in [6, 6.07) is 7.31. The van der Waals surface area contributed by atoms with Gasteiger partial charge < -0.3 is 0 Å². The van der Waals surface area contributed by atoms with Crippen LogP contribution in [0.15, 0.2) is 48.0 Å². The molecule has 0 aliphatic rings. The molecule has 0 aliphatic heterocycles. The van der Waals surface area contributed by atoms with Gasteiger partial charge in [-0.2, -0.15) is 5.10 Å². The van der Waals surface area contributed by atoms with Crippen molar-refractivity contribution < 1.29 is 4.79 Å². The highest BCUT2D eigenvalue weighted by molar-refractivity contribution is 5.93. The summed E-state index contributed by atoms with van der Waals surface area (Å²) in [5.74, 6) is -0.322. The summed E-state index contributed by atoms with van der Waals surface area (Å²) in [6.45, 7) is 2.15. The van der Waals surface area contributed by atoms with E-state index in [1.165, 1.54) is 0 Å². The fourth-order valence-corrected chi connectivity index (χ4v) is 1.76. The second-order valence-electron chi connectivity index (χ2n) is 4.64. The minimum absolute atomic E-state index is 0.322. The van der Waals surface area contributed by atoms with Crippen molar-refractivity contribution in [1.29, 1.82) is 0 Å². The zero-order valence-corrected chi connectivity index (χ0v) is 12.0. The van der Waals surface area contributed by atoms with Gasteiger partial charge in [0.1, 0.15) is 5.69 Å². The molecule has 0 radical (unpaired) electrons. The summed E-state index contributed by atoms with van der Waals surface area (Å²) >= 11 is 0. The van der Waals surface area contributed by atoms with E-state index in [0.717, 1.165) is 30.4 Å². The lowest BCUT2D eigenvalue weighted by Gasteiger charge is -2.02. The van der Waals surface area contributed by atoms with Crippen molar-refractivity contribution in [1.82, 2.24) is 15.4 Å². The smallest absolute Gasteiger partial charge is 0.266 e. The number of aryl methyl sites for hydroxylation is 1. The van der Waals surface area contributed by atoms with Crippen LogP contribution in [-0.2, 0) is 6.42 Å². The molecule has 5 heteroatoms. The van der Waals surface area contributed by atoms with Crippen molar-refractivity contribution in [3.8, 4) is 0 Å². The highest BCUT2D eigenvalue weighted by atomic mass is 16.2. The van der Waals surface area contributed by atoms with Crippen LogP contribution in [0.25, 0.3) is 0 Å². The molecule has 0 aromatic carbocycles. The molecule has 2 aromatic heterocycles. The predicted octanol–water partition coefficient (Wildman–Crippen LogP) is 2.58. The molecular formula is C16H18N4O. The van der Waals surface area contributed by atoms with Gasteiger partial charge in [0, 0.05) is 24.2 Å². The van der Waals surface area contributed by atoms with E-state index in [4.69, 9.17) is 0 Å². The molecule has 0 saturated carbocycles. The number of hydrogen-bond donors (Lipinski definition) is 1. The van der Waals surface area contributed by atoms with Gasteiger partial charge in [-0.25, -0.2) is 5.43 Å². The molecule has 1 N–H and O–H groups in total. The fraction of sp³-hybridized carbons (Fsp3) is 0.250. The van der Waals surface area contributed by atoms with E-state index >= 15 is 0 Å². The molecule has 2 rings (SSSR count). The van der Waals surface area contributed by atoms with Crippen molar-refractivity contribution in [3.63, 3.8) is 0 Å². The van der Waals surface area contributed by atoms with Crippen LogP contribution in [0.4, 0.5) is 0 Å². The summed E-state index contributed by atoms with van der Waals surface area (Å²) in [7, 11) is 0. The van der Waals surface area contributed by atoms with Crippen molar-refractivity contribution >= 4 is 12.1 Å². The van der Waals surface area contributed by atoms with Crippen molar-refractivity contribution in [2.45, 2.75) is 26.2 Å². The molecule has 0 saturated heterocycles. The zero-order valence-electron chi connectivity index (χ0n) is 12.0. The second kappa shape index (κ2) is 7.89. The minimum Gasteiger partial charge on any atom is -0.266 e. The number of carbonyl (C=O) groups is 1. The topological polar surface area (TPSA) is 67.2 Å². The Morgan fingerprint density at radius 3 is 2.90 bits per heavy atom. The first-order valence-electron chi connectivity index (χ1n) is 6.98. The number of nitrogens with zero attached hydrogens (tertiary/aromatic N) is 3. The van der Waals surface area contributed by atoms with E-state index in [1.54, 1.807) is 36.9 Å². The Morgan fingerprint density at radius 2 is 2.24 bits per heavy atom. The van der Waals surface area contributed by atoms with Crippen LogP contribution in [-0.4, -0.2) is 22.1 Å². The SMILES string of the molecule is CCCCc1ccc(C(=O)NN=Cc2cccnc2)nc1. The Morgan fingerprint density at radius 1 is 1.33 bits per heavy atom. The molecule has 2 aromatic rings. The maximum Gasteiger partial charge on any atom is 0.289 e. The lowest BCUT2D eigenvalue weighted by Crippen LogP contribution is -2.19. The van der Waals surface area contributed by atoms with Gasteiger partial charge in [0.2, 0.25) is 0 Å². The molecule has 1 amide bonds. The number of aromatic nitrogens is 2. The molecule has 108 valence electrons. The number of pyridine rings is 2. The molecule has 0 fully saturated rings. The van der Waals surface area contributed by atoms with E-state index in [0.29, 0.717) is 5.69 Å². The Balaban J connectivity index is 1.90. The molecule has 0 spiro atoms. The van der Waals surface area contributed by atoms with Crippen LogP contribution >= 0.6 is 0 Å². The number of nitrogens with one attached hydrogen (secondary N) is 1. The first-order valence-corrected chi connectivity index (χ1v) is 6.98. The van der Waals surface area contributed by atoms with Gasteiger partial charge in [0.15, 0.2) is 0 Å². The van der Waals surface area contributed by atoms with Gasteiger partial charge in [-0.1, -0.05) is 25.5 Å². The number of hydrazone groups is 1. The maximum atomic E-state index is 11.9. The summed E-state index contributed by atoms with van der Waals surface area (Å²) in [6.07, 6.45) is 9.89. The molecule has 0 atom stereocenters. The van der Waals surface area contributed by atoms with E-state index < -0.39 is 0 Å². The number of rotatable bonds is 6. The molecule has 0 aliphatic carbocycles. The third kappa shape index (κ3) is 4.80. The van der Waals surface area contributed by atoms with Crippen molar-refractivity contribution in [2.24, 2.45) is 5.10 Å². The third-order valence-corrected chi connectivity index (χ3v) is 2.94. The van der Waals surface area contributed by atoms with Gasteiger partial charge in [-0.3, -0.25) is 14.8 Å². The van der Waals surface area contributed by atoms with Gasteiger partial charge in [0.05, 0.1) is 6.21 Å². The fourth-order valence-electron chi connectivity index (χ4n) is 1.76. The summed E-state index contributed by atoms with van der Waals surface area (Å²) < 4.78 is 0. The first-order chi connectivity index (χ1) is 10.3. The molecular weight excluding hydrogens is 264 g/mol. The van der Waals surface area contributed by atoms with E-state index in [2.05, 4.69) is 27.4 Å². The van der Waals surface area contributed by atoms with Crippen LogP contribution in [0.5, 0.6) is 0 Å². The number of carbonyl (C=O) groups excluding carboxylic acids is 1. The lowest BCUT2D eigenvalue weighted by molar-refractivity contribution is 0.0950. The Labute approximate surface area is 124 Å². The second-order valence-corrected chi connectivity index (χ2v) is 4.64. The average Bonchev–Trinajstić information content (AvgIpc) is 2.54. The van der Waals surface area contributed by atoms with Crippen molar-refractivity contribution in [3.05, 3.63) is 59.7 Å². The van der Waals surface area contributed by atoms with E-state index in [9.17, 15) is 4.79 Å². The Kier molecular flexibility index (Phi) is 5.58.